The normalized spacial score (nSPS) is 26.1. The molecular formula is C14H14O4. The van der Waals surface area contributed by atoms with Crippen molar-refractivity contribution in [1.29, 1.82) is 0 Å². The van der Waals surface area contributed by atoms with Gasteiger partial charge in [-0.2, -0.15) is 0 Å². The van der Waals surface area contributed by atoms with Crippen LogP contribution in [0.3, 0.4) is 0 Å². The van der Waals surface area contributed by atoms with Crippen molar-refractivity contribution in [3.63, 3.8) is 0 Å². The Hall–Kier alpha value is -1.81. The van der Waals surface area contributed by atoms with E-state index < -0.39 is 5.60 Å². The van der Waals surface area contributed by atoms with E-state index in [4.69, 9.17) is 9.15 Å². The minimum Gasteiger partial charge on any atom is -0.483 e. The summed E-state index contributed by atoms with van der Waals surface area (Å²) in [5, 5.41) is 10.2. The molecule has 4 nitrogen and oxygen atoms in total. The molecule has 94 valence electrons. The predicted octanol–water partition coefficient (Wildman–Crippen LogP) is 2.04. The van der Waals surface area contributed by atoms with Gasteiger partial charge >= 0.3 is 5.63 Å². The fraction of sp³-hybridized carbons (Fsp3) is 0.357. The number of rotatable bonds is 1. The van der Waals surface area contributed by atoms with Gasteiger partial charge in [-0.25, -0.2) is 4.79 Å². The topological polar surface area (TPSA) is 59.7 Å². The summed E-state index contributed by atoms with van der Waals surface area (Å²) in [6.07, 6.45) is 0. The zero-order valence-corrected chi connectivity index (χ0v) is 10.3. The molecule has 0 fully saturated rings. The van der Waals surface area contributed by atoms with Crippen LogP contribution in [-0.2, 0) is 0 Å². The van der Waals surface area contributed by atoms with E-state index in [2.05, 4.69) is 0 Å². The molecule has 0 amide bonds. The lowest BCUT2D eigenvalue weighted by molar-refractivity contribution is 0.0288. The van der Waals surface area contributed by atoms with E-state index in [9.17, 15) is 9.90 Å². The molecule has 1 aromatic carbocycles. The fourth-order valence-electron chi connectivity index (χ4n) is 2.42. The molecule has 1 aliphatic rings. The van der Waals surface area contributed by atoms with Crippen LogP contribution in [0.4, 0.5) is 0 Å². The van der Waals surface area contributed by atoms with Gasteiger partial charge in [-0.3, -0.25) is 0 Å². The number of hydrogen-bond donors (Lipinski definition) is 1. The molecule has 2 aromatic rings. The third-order valence-corrected chi connectivity index (χ3v) is 3.80. The van der Waals surface area contributed by atoms with Crippen LogP contribution in [0.15, 0.2) is 33.5 Å². The molecule has 2 heterocycles. The van der Waals surface area contributed by atoms with E-state index in [0.717, 1.165) is 5.39 Å². The molecule has 0 radical (unpaired) electrons. The molecule has 0 bridgehead atoms. The molecule has 0 saturated heterocycles. The van der Waals surface area contributed by atoms with Gasteiger partial charge in [0, 0.05) is 5.92 Å². The standard InChI is InChI=1S/C14H14O4/c1-8-11-12(18-14(8,2)7-15)9-5-3-4-6-10(9)17-13(11)16/h3-6,8,15H,7H2,1-2H3/t8-,14-/m0/s1. The minimum absolute atomic E-state index is 0.142. The van der Waals surface area contributed by atoms with Crippen LogP contribution in [0.1, 0.15) is 25.3 Å². The molecule has 1 aromatic heterocycles. The molecule has 2 atom stereocenters. The molecular weight excluding hydrogens is 232 g/mol. The van der Waals surface area contributed by atoms with E-state index in [1.54, 1.807) is 19.1 Å². The third kappa shape index (κ3) is 1.32. The maximum Gasteiger partial charge on any atom is 0.343 e. The SMILES string of the molecule is C[C@H]1c2c(c3ccccc3oc2=O)O[C@@]1(C)CO. The smallest absolute Gasteiger partial charge is 0.343 e. The lowest BCUT2D eigenvalue weighted by Gasteiger charge is -2.25. The van der Waals surface area contributed by atoms with Crippen molar-refractivity contribution in [2.45, 2.75) is 25.4 Å². The van der Waals surface area contributed by atoms with Crippen LogP contribution in [0.5, 0.6) is 5.75 Å². The van der Waals surface area contributed by atoms with Crippen LogP contribution in [0, 0.1) is 0 Å². The average molecular weight is 246 g/mol. The zero-order chi connectivity index (χ0) is 12.9. The monoisotopic (exact) mass is 246 g/mol. The number of aliphatic hydroxyl groups excluding tert-OH is 1. The van der Waals surface area contributed by atoms with Crippen LogP contribution in [0.2, 0.25) is 0 Å². The lowest BCUT2D eigenvalue weighted by atomic mass is 9.88. The largest absolute Gasteiger partial charge is 0.483 e. The molecule has 18 heavy (non-hydrogen) atoms. The van der Waals surface area contributed by atoms with E-state index >= 15 is 0 Å². The summed E-state index contributed by atoms with van der Waals surface area (Å²) in [6.45, 7) is 3.52. The summed E-state index contributed by atoms with van der Waals surface area (Å²) < 4.78 is 11.1. The lowest BCUT2D eigenvalue weighted by Crippen LogP contribution is -2.37. The second kappa shape index (κ2) is 3.59. The number of aliphatic hydroxyl groups is 1. The minimum atomic E-state index is -0.763. The highest BCUT2D eigenvalue weighted by Gasteiger charge is 2.45. The zero-order valence-electron chi connectivity index (χ0n) is 10.3. The predicted molar refractivity (Wildman–Crippen MR) is 67.0 cm³/mol. The fourth-order valence-corrected chi connectivity index (χ4v) is 2.42. The Morgan fingerprint density at radius 2 is 2.11 bits per heavy atom. The van der Waals surface area contributed by atoms with E-state index in [1.165, 1.54) is 0 Å². The maximum atomic E-state index is 12.0. The van der Waals surface area contributed by atoms with Crippen molar-refractivity contribution >= 4 is 11.0 Å². The van der Waals surface area contributed by atoms with E-state index in [0.29, 0.717) is 16.9 Å². The van der Waals surface area contributed by atoms with Crippen molar-refractivity contribution in [2.24, 2.45) is 0 Å². The van der Waals surface area contributed by atoms with Gasteiger partial charge in [0.1, 0.15) is 16.9 Å². The van der Waals surface area contributed by atoms with Crippen molar-refractivity contribution in [3.05, 3.63) is 40.2 Å². The number of para-hydroxylation sites is 1. The van der Waals surface area contributed by atoms with Crippen molar-refractivity contribution in [1.82, 2.24) is 0 Å². The van der Waals surface area contributed by atoms with Gasteiger partial charge in [-0.05, 0) is 19.1 Å². The quantitative estimate of drug-likeness (QED) is 0.782. The molecule has 0 aliphatic carbocycles. The van der Waals surface area contributed by atoms with Gasteiger partial charge in [-0.1, -0.05) is 19.1 Å². The maximum absolute atomic E-state index is 12.0. The molecule has 1 N–H and O–H groups in total. The van der Waals surface area contributed by atoms with Crippen molar-refractivity contribution in [3.8, 4) is 5.75 Å². The first-order chi connectivity index (χ1) is 8.57. The number of ether oxygens (including phenoxy) is 1. The first-order valence-electron chi connectivity index (χ1n) is 5.92. The first-order valence-corrected chi connectivity index (χ1v) is 5.92. The van der Waals surface area contributed by atoms with Gasteiger partial charge in [0.15, 0.2) is 0 Å². The van der Waals surface area contributed by atoms with Crippen LogP contribution < -0.4 is 10.4 Å². The molecule has 0 spiro atoms. The van der Waals surface area contributed by atoms with Gasteiger partial charge in [0.2, 0.25) is 0 Å². The Morgan fingerprint density at radius 1 is 1.39 bits per heavy atom. The van der Waals surface area contributed by atoms with Gasteiger partial charge in [-0.15, -0.1) is 0 Å². The third-order valence-electron chi connectivity index (χ3n) is 3.80. The second-order valence-corrected chi connectivity index (χ2v) is 4.92. The highest BCUT2D eigenvalue weighted by atomic mass is 16.5. The highest BCUT2D eigenvalue weighted by Crippen LogP contribution is 2.45. The second-order valence-electron chi connectivity index (χ2n) is 4.92. The van der Waals surface area contributed by atoms with Crippen LogP contribution in [0.25, 0.3) is 11.0 Å². The molecule has 4 heteroatoms. The summed E-state index contributed by atoms with van der Waals surface area (Å²) >= 11 is 0. The Bertz CT molecular complexity index is 673. The van der Waals surface area contributed by atoms with Gasteiger partial charge in [0.25, 0.3) is 0 Å². The van der Waals surface area contributed by atoms with Gasteiger partial charge < -0.3 is 14.3 Å². The average Bonchev–Trinajstić information content (AvgIpc) is 2.64. The molecule has 0 saturated carbocycles. The summed E-state index contributed by atoms with van der Waals surface area (Å²) in [6, 6.07) is 7.26. The molecule has 0 unspecified atom stereocenters. The Labute approximate surface area is 104 Å². The van der Waals surface area contributed by atoms with E-state index in [1.807, 2.05) is 19.1 Å². The summed E-state index contributed by atoms with van der Waals surface area (Å²) in [7, 11) is 0. The molecule has 1 aliphatic heterocycles. The highest BCUT2D eigenvalue weighted by molar-refractivity contribution is 5.85. The first kappa shape index (κ1) is 11.3. The van der Waals surface area contributed by atoms with E-state index in [-0.39, 0.29) is 18.2 Å². The Kier molecular flexibility index (Phi) is 2.25. The van der Waals surface area contributed by atoms with Crippen molar-refractivity contribution in [2.75, 3.05) is 6.61 Å². The Balaban J connectivity index is 2.36. The van der Waals surface area contributed by atoms with Crippen molar-refractivity contribution < 1.29 is 14.3 Å². The van der Waals surface area contributed by atoms with Gasteiger partial charge in [0.05, 0.1) is 17.6 Å². The summed E-state index contributed by atoms with van der Waals surface area (Å²) in [4.78, 5) is 12.0. The Morgan fingerprint density at radius 3 is 2.83 bits per heavy atom. The number of fused-ring (bicyclic) bond motifs is 3. The number of hydrogen-bond acceptors (Lipinski definition) is 4. The van der Waals surface area contributed by atoms with Crippen LogP contribution in [-0.4, -0.2) is 17.3 Å². The van der Waals surface area contributed by atoms with Crippen LogP contribution >= 0.6 is 0 Å². The molecule has 3 rings (SSSR count). The summed E-state index contributed by atoms with van der Waals surface area (Å²) in [5.41, 5.74) is -0.115. The summed E-state index contributed by atoms with van der Waals surface area (Å²) in [5.74, 6) is 0.351. The number of benzene rings is 1.